The van der Waals surface area contributed by atoms with Gasteiger partial charge in [-0.3, -0.25) is 0 Å². The zero-order chi connectivity index (χ0) is 40.3. The molecule has 0 saturated carbocycles. The molecule has 0 fully saturated rings. The summed E-state index contributed by atoms with van der Waals surface area (Å²) in [6.45, 7) is 0. The van der Waals surface area contributed by atoms with E-state index in [1.807, 2.05) is 24.3 Å². The van der Waals surface area contributed by atoms with Crippen molar-refractivity contribution in [3.8, 4) is 44.8 Å². The van der Waals surface area contributed by atoms with Gasteiger partial charge in [0, 0.05) is 44.5 Å². The first-order valence-corrected chi connectivity index (χ1v) is 20.7. The average Bonchev–Trinajstić information content (AvgIpc) is 3.95. The van der Waals surface area contributed by atoms with Crippen LogP contribution in [-0.4, -0.2) is 9.97 Å². The van der Waals surface area contributed by atoms with Crippen molar-refractivity contribution in [3.05, 3.63) is 218 Å². The molecule has 0 bridgehead atoms. The fraction of sp³-hybridized carbons (Fsp3) is 0. The van der Waals surface area contributed by atoms with E-state index in [0.717, 1.165) is 77.8 Å². The second-order valence-electron chi connectivity index (χ2n) is 15.6. The molecule has 12 aromatic rings. The third-order valence-electron chi connectivity index (χ3n) is 12.1. The first-order valence-electron chi connectivity index (χ1n) is 20.7. The Hall–Kier alpha value is -8.21. The molecule has 2 heterocycles. The van der Waals surface area contributed by atoms with Crippen LogP contribution < -0.4 is 4.90 Å². The number of rotatable bonds is 7. The Morgan fingerprint density at radius 3 is 1.72 bits per heavy atom. The van der Waals surface area contributed by atoms with Crippen molar-refractivity contribution in [2.75, 3.05) is 4.90 Å². The number of oxazole rings is 1. The Balaban J connectivity index is 1.05. The Labute approximate surface area is 352 Å². The van der Waals surface area contributed by atoms with E-state index >= 15 is 0 Å². The van der Waals surface area contributed by atoms with Crippen molar-refractivity contribution in [3.63, 3.8) is 0 Å². The SMILES string of the molecule is c1ccc(-c2ccc(N(c3ccccc3)c3ccc(-c4c(-c5ccc(-c6nc7ccccc7o6)c6ccccc56)ccc5c4[nH]c4ccc6ccccc6c45)cc3)cc2)cc1. The fourth-order valence-corrected chi connectivity index (χ4v) is 9.21. The van der Waals surface area contributed by atoms with Crippen LogP contribution in [0.3, 0.4) is 0 Å². The molecule has 0 amide bonds. The molecule has 0 spiro atoms. The van der Waals surface area contributed by atoms with Crippen molar-refractivity contribution in [1.29, 1.82) is 0 Å². The molecule has 0 aliphatic carbocycles. The first-order chi connectivity index (χ1) is 30.2. The van der Waals surface area contributed by atoms with Crippen molar-refractivity contribution in [2.45, 2.75) is 0 Å². The normalized spacial score (nSPS) is 11.6. The molecule has 4 heteroatoms. The maximum absolute atomic E-state index is 6.33. The second kappa shape index (κ2) is 14.3. The molecule has 2 aromatic heterocycles. The van der Waals surface area contributed by atoms with Gasteiger partial charge in [0.2, 0.25) is 5.89 Å². The number of aromatic amines is 1. The molecule has 1 N–H and O–H groups in total. The summed E-state index contributed by atoms with van der Waals surface area (Å²) in [4.78, 5) is 11.1. The molecule has 12 rings (SSSR count). The lowest BCUT2D eigenvalue weighted by Gasteiger charge is -2.26. The van der Waals surface area contributed by atoms with E-state index in [4.69, 9.17) is 9.40 Å². The standard InChI is InChI=1S/C57H37N3O/c1-3-13-37(14-4-1)38-23-28-42(29-24-38)60(41-16-5-2-6-17-41)43-30-25-40(26-31-43)54-48(33-35-50-55-44-18-8-7-15-39(44)27-36-52(55)58-56(50)54)47-32-34-49(46-20-10-9-19-45(46)47)57-59-51-21-11-12-22-53(51)61-57/h1-36,58H. The summed E-state index contributed by atoms with van der Waals surface area (Å²) in [5.74, 6) is 0.621. The summed E-state index contributed by atoms with van der Waals surface area (Å²) in [5, 5.41) is 7.13. The fourth-order valence-electron chi connectivity index (χ4n) is 9.21. The zero-order valence-corrected chi connectivity index (χ0v) is 33.1. The van der Waals surface area contributed by atoms with Crippen LogP contribution in [-0.2, 0) is 0 Å². The van der Waals surface area contributed by atoms with Gasteiger partial charge in [-0.15, -0.1) is 0 Å². The lowest BCUT2D eigenvalue weighted by Crippen LogP contribution is -2.09. The van der Waals surface area contributed by atoms with Gasteiger partial charge in [0.25, 0.3) is 0 Å². The first kappa shape index (κ1) is 34.8. The van der Waals surface area contributed by atoms with Crippen molar-refractivity contribution >= 4 is 71.5 Å². The van der Waals surface area contributed by atoms with Crippen molar-refractivity contribution in [2.24, 2.45) is 0 Å². The summed E-state index contributed by atoms with van der Waals surface area (Å²) in [7, 11) is 0. The molecule has 0 aliphatic rings. The average molecular weight is 780 g/mol. The Morgan fingerprint density at radius 2 is 0.967 bits per heavy atom. The number of benzene rings is 10. The minimum absolute atomic E-state index is 0.621. The molecule has 0 radical (unpaired) electrons. The number of hydrogen-bond acceptors (Lipinski definition) is 3. The molecule has 10 aromatic carbocycles. The highest BCUT2D eigenvalue weighted by Crippen LogP contribution is 2.46. The zero-order valence-electron chi connectivity index (χ0n) is 33.1. The molecule has 286 valence electrons. The maximum Gasteiger partial charge on any atom is 0.227 e. The van der Waals surface area contributed by atoms with Gasteiger partial charge in [-0.2, -0.15) is 0 Å². The van der Waals surface area contributed by atoms with Crippen LogP contribution in [0, 0.1) is 0 Å². The van der Waals surface area contributed by atoms with E-state index in [1.165, 1.54) is 32.7 Å². The summed E-state index contributed by atoms with van der Waals surface area (Å²) >= 11 is 0. The van der Waals surface area contributed by atoms with Gasteiger partial charge < -0.3 is 14.3 Å². The molecule has 0 saturated heterocycles. The van der Waals surface area contributed by atoms with Gasteiger partial charge in [-0.25, -0.2) is 4.98 Å². The number of H-pyrrole nitrogens is 1. The minimum Gasteiger partial charge on any atom is -0.436 e. The second-order valence-corrected chi connectivity index (χ2v) is 15.6. The van der Waals surface area contributed by atoms with Crippen LogP contribution in [0.4, 0.5) is 17.1 Å². The van der Waals surface area contributed by atoms with E-state index in [-0.39, 0.29) is 0 Å². The Morgan fingerprint density at radius 1 is 0.393 bits per heavy atom. The Kier molecular flexibility index (Phi) is 8.13. The van der Waals surface area contributed by atoms with E-state index < -0.39 is 0 Å². The molecule has 0 atom stereocenters. The minimum atomic E-state index is 0.621. The molecule has 61 heavy (non-hydrogen) atoms. The number of hydrogen-bond donors (Lipinski definition) is 1. The van der Waals surface area contributed by atoms with E-state index in [0.29, 0.717) is 5.89 Å². The number of para-hydroxylation sites is 3. The van der Waals surface area contributed by atoms with Crippen LogP contribution in [0.25, 0.3) is 99.3 Å². The van der Waals surface area contributed by atoms with Gasteiger partial charge >= 0.3 is 0 Å². The molecule has 0 aliphatic heterocycles. The quantitative estimate of drug-likeness (QED) is 0.175. The number of nitrogens with zero attached hydrogens (tertiary/aromatic N) is 2. The van der Waals surface area contributed by atoms with Gasteiger partial charge in [0.15, 0.2) is 5.58 Å². The predicted octanol–water partition coefficient (Wildman–Crippen LogP) is 15.9. The van der Waals surface area contributed by atoms with Gasteiger partial charge in [0.05, 0.1) is 5.52 Å². The highest BCUT2D eigenvalue weighted by Gasteiger charge is 2.21. The molecule has 0 unspecified atom stereocenters. The van der Waals surface area contributed by atoms with Crippen molar-refractivity contribution < 1.29 is 4.42 Å². The van der Waals surface area contributed by atoms with E-state index in [1.54, 1.807) is 0 Å². The monoisotopic (exact) mass is 779 g/mol. The van der Waals surface area contributed by atoms with Crippen LogP contribution in [0.1, 0.15) is 0 Å². The summed E-state index contributed by atoms with van der Waals surface area (Å²) in [6, 6.07) is 77.7. The van der Waals surface area contributed by atoms with Crippen LogP contribution in [0.2, 0.25) is 0 Å². The van der Waals surface area contributed by atoms with Crippen LogP contribution in [0.5, 0.6) is 0 Å². The van der Waals surface area contributed by atoms with Gasteiger partial charge in [0.1, 0.15) is 5.52 Å². The van der Waals surface area contributed by atoms with Crippen molar-refractivity contribution in [1.82, 2.24) is 9.97 Å². The number of fused-ring (bicyclic) bond motifs is 7. The highest BCUT2D eigenvalue weighted by atomic mass is 16.3. The number of aromatic nitrogens is 2. The Bertz CT molecular complexity index is 3540. The summed E-state index contributed by atoms with van der Waals surface area (Å²) in [5.41, 5.74) is 15.1. The smallest absolute Gasteiger partial charge is 0.227 e. The molecule has 4 nitrogen and oxygen atoms in total. The van der Waals surface area contributed by atoms with Crippen LogP contribution >= 0.6 is 0 Å². The highest BCUT2D eigenvalue weighted by molar-refractivity contribution is 6.24. The lowest BCUT2D eigenvalue weighted by atomic mass is 9.88. The third-order valence-corrected chi connectivity index (χ3v) is 12.1. The lowest BCUT2D eigenvalue weighted by molar-refractivity contribution is 0.620. The topological polar surface area (TPSA) is 45.1 Å². The molecular weight excluding hydrogens is 743 g/mol. The van der Waals surface area contributed by atoms with Gasteiger partial charge in [-0.05, 0) is 110 Å². The van der Waals surface area contributed by atoms with Gasteiger partial charge in [-0.1, -0.05) is 158 Å². The number of anilines is 3. The molecular formula is C57H37N3O. The summed E-state index contributed by atoms with van der Waals surface area (Å²) in [6.07, 6.45) is 0. The third kappa shape index (κ3) is 5.88. The van der Waals surface area contributed by atoms with E-state index in [9.17, 15) is 0 Å². The largest absolute Gasteiger partial charge is 0.436 e. The predicted molar refractivity (Wildman–Crippen MR) is 255 cm³/mol. The van der Waals surface area contributed by atoms with Crippen LogP contribution in [0.15, 0.2) is 223 Å². The number of nitrogens with one attached hydrogen (secondary N) is 1. The summed E-state index contributed by atoms with van der Waals surface area (Å²) < 4.78 is 6.33. The van der Waals surface area contributed by atoms with E-state index in [2.05, 4.69) is 204 Å². The maximum atomic E-state index is 6.33.